The molecule has 0 saturated heterocycles. The van der Waals surface area contributed by atoms with Crippen LogP contribution in [0.2, 0.25) is 0 Å². The fraction of sp³-hybridized carbons (Fsp3) is 1.00. The Labute approximate surface area is 70.3 Å². The van der Waals surface area contributed by atoms with Crippen LogP contribution in [0, 0.1) is 11.3 Å². The highest BCUT2D eigenvalue weighted by Gasteiger charge is 2.14. The monoisotopic (exact) mass is 158 g/mol. The summed E-state index contributed by atoms with van der Waals surface area (Å²) in [5, 5.41) is 0. The zero-order valence-corrected chi connectivity index (χ0v) is 8.22. The minimum atomic E-state index is -0.155. The number of hydrogen-bond acceptors (Lipinski definition) is 2. The summed E-state index contributed by atoms with van der Waals surface area (Å²) in [6.45, 7) is 8.82. The average Bonchev–Trinajstić information content (AvgIpc) is 1.80. The normalized spacial score (nSPS) is 15.5. The van der Waals surface area contributed by atoms with E-state index in [0.717, 1.165) is 6.42 Å². The van der Waals surface area contributed by atoms with Crippen LogP contribution in [0.15, 0.2) is 0 Å². The molecule has 0 fully saturated rings. The van der Waals surface area contributed by atoms with Crippen molar-refractivity contribution in [2.45, 2.75) is 46.7 Å². The van der Waals surface area contributed by atoms with E-state index < -0.39 is 0 Å². The second-order valence-corrected chi connectivity index (χ2v) is 4.65. The molecule has 2 heteroatoms. The Morgan fingerprint density at radius 2 is 1.64 bits per heavy atom. The number of rotatable bonds is 3. The van der Waals surface area contributed by atoms with Gasteiger partial charge in [0.05, 0.1) is 6.17 Å². The van der Waals surface area contributed by atoms with E-state index in [2.05, 4.69) is 27.7 Å². The van der Waals surface area contributed by atoms with E-state index in [4.69, 9.17) is 11.5 Å². The van der Waals surface area contributed by atoms with Crippen LogP contribution in [-0.2, 0) is 0 Å². The van der Waals surface area contributed by atoms with E-state index in [-0.39, 0.29) is 6.17 Å². The van der Waals surface area contributed by atoms with Gasteiger partial charge in [0.2, 0.25) is 0 Å². The fourth-order valence-corrected chi connectivity index (χ4v) is 0.853. The van der Waals surface area contributed by atoms with Crippen molar-refractivity contribution in [2.75, 3.05) is 0 Å². The minimum absolute atomic E-state index is 0.155. The van der Waals surface area contributed by atoms with Gasteiger partial charge in [-0.15, -0.1) is 0 Å². The van der Waals surface area contributed by atoms with Crippen molar-refractivity contribution in [2.24, 2.45) is 22.8 Å². The summed E-state index contributed by atoms with van der Waals surface area (Å²) in [5.41, 5.74) is 11.5. The molecule has 0 rings (SSSR count). The Balaban J connectivity index is 3.54. The molecule has 11 heavy (non-hydrogen) atoms. The lowest BCUT2D eigenvalue weighted by Crippen LogP contribution is -2.37. The van der Waals surface area contributed by atoms with Crippen LogP contribution in [0.1, 0.15) is 40.5 Å². The third-order valence-corrected chi connectivity index (χ3v) is 2.01. The summed E-state index contributed by atoms with van der Waals surface area (Å²) in [5.74, 6) is 0.439. The molecule has 0 aromatic heterocycles. The Kier molecular flexibility index (Phi) is 4.04. The van der Waals surface area contributed by atoms with E-state index >= 15 is 0 Å². The van der Waals surface area contributed by atoms with Gasteiger partial charge in [0.25, 0.3) is 0 Å². The van der Waals surface area contributed by atoms with Gasteiger partial charge in [0.15, 0.2) is 0 Å². The lowest BCUT2D eigenvalue weighted by Gasteiger charge is -2.22. The standard InChI is InChI=1S/C9H22N2/c1-7(8(10)11)5-6-9(2,3)4/h7-8H,5-6,10-11H2,1-4H3. The van der Waals surface area contributed by atoms with Crippen LogP contribution in [0.25, 0.3) is 0 Å². The van der Waals surface area contributed by atoms with Crippen molar-refractivity contribution in [1.82, 2.24) is 0 Å². The molecule has 0 aliphatic heterocycles. The molecule has 0 aliphatic rings. The van der Waals surface area contributed by atoms with Gasteiger partial charge < -0.3 is 11.5 Å². The van der Waals surface area contributed by atoms with Gasteiger partial charge in [-0.05, 0) is 24.2 Å². The lowest BCUT2D eigenvalue weighted by atomic mass is 9.86. The van der Waals surface area contributed by atoms with Crippen molar-refractivity contribution in [1.29, 1.82) is 0 Å². The van der Waals surface area contributed by atoms with E-state index in [1.807, 2.05) is 0 Å². The zero-order valence-electron chi connectivity index (χ0n) is 8.22. The highest BCUT2D eigenvalue weighted by molar-refractivity contribution is 4.67. The van der Waals surface area contributed by atoms with E-state index in [1.165, 1.54) is 6.42 Å². The second kappa shape index (κ2) is 4.07. The molecule has 0 aromatic carbocycles. The first-order chi connectivity index (χ1) is 4.83. The van der Waals surface area contributed by atoms with Gasteiger partial charge in [-0.1, -0.05) is 27.7 Å². The Bertz CT molecular complexity index is 103. The van der Waals surface area contributed by atoms with Gasteiger partial charge in [0.1, 0.15) is 0 Å². The van der Waals surface area contributed by atoms with Crippen LogP contribution in [0.5, 0.6) is 0 Å². The molecule has 0 bridgehead atoms. The van der Waals surface area contributed by atoms with Crippen molar-refractivity contribution in [3.63, 3.8) is 0 Å². The maximum Gasteiger partial charge on any atom is 0.0547 e. The fourth-order valence-electron chi connectivity index (χ4n) is 0.853. The predicted molar refractivity (Wildman–Crippen MR) is 50.0 cm³/mol. The summed E-state index contributed by atoms with van der Waals surface area (Å²) in [6.07, 6.45) is 2.16. The van der Waals surface area contributed by atoms with E-state index in [1.54, 1.807) is 0 Å². The molecule has 68 valence electrons. The first-order valence-electron chi connectivity index (χ1n) is 4.34. The maximum atomic E-state index is 5.54. The Morgan fingerprint density at radius 1 is 1.18 bits per heavy atom. The zero-order chi connectivity index (χ0) is 9.07. The summed E-state index contributed by atoms with van der Waals surface area (Å²) in [6, 6.07) is 0. The number of nitrogens with two attached hydrogens (primary N) is 2. The summed E-state index contributed by atoms with van der Waals surface area (Å²) in [4.78, 5) is 0. The van der Waals surface area contributed by atoms with Crippen LogP contribution >= 0.6 is 0 Å². The molecule has 0 aliphatic carbocycles. The van der Waals surface area contributed by atoms with Gasteiger partial charge in [-0.25, -0.2) is 0 Å². The molecule has 0 amide bonds. The highest BCUT2D eigenvalue weighted by atomic mass is 14.9. The summed E-state index contributed by atoms with van der Waals surface area (Å²) in [7, 11) is 0. The molecule has 4 N–H and O–H groups in total. The van der Waals surface area contributed by atoms with Crippen molar-refractivity contribution < 1.29 is 0 Å². The minimum Gasteiger partial charge on any atom is -0.316 e. The molecule has 0 spiro atoms. The van der Waals surface area contributed by atoms with Gasteiger partial charge >= 0.3 is 0 Å². The Morgan fingerprint density at radius 3 is 1.91 bits per heavy atom. The molecule has 1 atom stereocenters. The smallest absolute Gasteiger partial charge is 0.0547 e. The molecule has 2 nitrogen and oxygen atoms in total. The average molecular weight is 158 g/mol. The maximum absolute atomic E-state index is 5.54. The van der Waals surface area contributed by atoms with Gasteiger partial charge in [-0.3, -0.25) is 0 Å². The van der Waals surface area contributed by atoms with E-state index in [0.29, 0.717) is 11.3 Å². The van der Waals surface area contributed by atoms with Gasteiger partial charge in [-0.2, -0.15) is 0 Å². The largest absolute Gasteiger partial charge is 0.316 e. The lowest BCUT2D eigenvalue weighted by molar-refractivity contribution is 0.310. The van der Waals surface area contributed by atoms with Crippen LogP contribution in [0.3, 0.4) is 0 Å². The quantitative estimate of drug-likeness (QED) is 0.614. The van der Waals surface area contributed by atoms with Crippen molar-refractivity contribution >= 4 is 0 Å². The molecule has 0 heterocycles. The molecule has 1 unspecified atom stereocenters. The van der Waals surface area contributed by atoms with Crippen LogP contribution in [-0.4, -0.2) is 6.17 Å². The summed E-state index contributed by atoms with van der Waals surface area (Å²) >= 11 is 0. The van der Waals surface area contributed by atoms with Gasteiger partial charge in [0, 0.05) is 0 Å². The van der Waals surface area contributed by atoms with Crippen LogP contribution < -0.4 is 11.5 Å². The molecule has 0 aromatic rings. The third-order valence-electron chi connectivity index (χ3n) is 2.01. The SMILES string of the molecule is CC(CCC(C)(C)C)C(N)N. The first kappa shape index (κ1) is 10.9. The predicted octanol–water partition coefficient (Wildman–Crippen LogP) is 1.69. The second-order valence-electron chi connectivity index (χ2n) is 4.65. The third kappa shape index (κ3) is 6.32. The van der Waals surface area contributed by atoms with Crippen molar-refractivity contribution in [3.8, 4) is 0 Å². The van der Waals surface area contributed by atoms with Crippen LogP contribution in [0.4, 0.5) is 0 Å². The van der Waals surface area contributed by atoms with Crippen molar-refractivity contribution in [3.05, 3.63) is 0 Å². The topological polar surface area (TPSA) is 52.0 Å². The van der Waals surface area contributed by atoms with E-state index in [9.17, 15) is 0 Å². The number of hydrogen-bond donors (Lipinski definition) is 2. The molecular weight excluding hydrogens is 136 g/mol. The molecule has 0 saturated carbocycles. The molecular formula is C9H22N2. The summed E-state index contributed by atoms with van der Waals surface area (Å²) < 4.78 is 0. The Hall–Kier alpha value is -0.0800. The highest BCUT2D eigenvalue weighted by Crippen LogP contribution is 2.23. The first-order valence-corrected chi connectivity index (χ1v) is 4.34. The molecule has 0 radical (unpaired) electrons.